The molecule has 20 heavy (non-hydrogen) atoms. The van der Waals surface area contributed by atoms with Gasteiger partial charge in [-0.25, -0.2) is 9.78 Å². The van der Waals surface area contributed by atoms with Crippen LogP contribution in [-0.2, 0) is 6.61 Å². The molecule has 0 fully saturated rings. The number of benzene rings is 1. The number of aryl methyl sites for hydroxylation is 1. The third kappa shape index (κ3) is 3.23. The van der Waals surface area contributed by atoms with Crippen molar-refractivity contribution >= 4 is 5.97 Å². The van der Waals surface area contributed by atoms with Crippen molar-refractivity contribution in [1.82, 2.24) is 9.97 Å². The highest BCUT2D eigenvalue weighted by atomic mass is 16.5. The van der Waals surface area contributed by atoms with Crippen LogP contribution in [0.2, 0.25) is 0 Å². The molecule has 1 N–H and O–H groups in total. The van der Waals surface area contributed by atoms with Crippen LogP contribution in [0.15, 0.2) is 30.5 Å². The maximum Gasteiger partial charge on any atom is 0.339 e. The van der Waals surface area contributed by atoms with Gasteiger partial charge in [0.15, 0.2) is 0 Å². The van der Waals surface area contributed by atoms with Crippen LogP contribution in [-0.4, -0.2) is 28.2 Å². The van der Waals surface area contributed by atoms with Crippen LogP contribution in [0.25, 0.3) is 0 Å². The topological polar surface area (TPSA) is 81.5 Å². The number of aromatic nitrogens is 2. The van der Waals surface area contributed by atoms with E-state index in [9.17, 15) is 4.79 Å². The minimum absolute atomic E-state index is 0.0683. The molecule has 0 unspecified atom stereocenters. The quantitative estimate of drug-likeness (QED) is 0.898. The first-order valence-electron chi connectivity index (χ1n) is 5.93. The summed E-state index contributed by atoms with van der Waals surface area (Å²) in [4.78, 5) is 18.7. The van der Waals surface area contributed by atoms with Crippen molar-refractivity contribution < 1.29 is 19.4 Å². The standard InChI is InChI=1S/C14H14N2O4/c1-9-12(13(17)18)7-15-14(16-9)20-8-10-4-3-5-11(6-10)19-2/h3-7H,8H2,1-2H3,(H,17,18). The number of methoxy groups -OCH3 is 1. The Kier molecular flexibility index (Phi) is 4.14. The van der Waals surface area contributed by atoms with Gasteiger partial charge >= 0.3 is 12.0 Å². The van der Waals surface area contributed by atoms with Crippen molar-refractivity contribution in [1.29, 1.82) is 0 Å². The minimum atomic E-state index is -1.05. The van der Waals surface area contributed by atoms with Gasteiger partial charge in [0.1, 0.15) is 12.4 Å². The van der Waals surface area contributed by atoms with Crippen molar-refractivity contribution in [2.45, 2.75) is 13.5 Å². The van der Waals surface area contributed by atoms with Crippen molar-refractivity contribution in [2.75, 3.05) is 7.11 Å². The maximum absolute atomic E-state index is 10.8. The summed E-state index contributed by atoms with van der Waals surface area (Å²) >= 11 is 0. The predicted octanol–water partition coefficient (Wildman–Crippen LogP) is 2.07. The van der Waals surface area contributed by atoms with Crippen molar-refractivity contribution in [3.05, 3.63) is 47.3 Å². The van der Waals surface area contributed by atoms with Crippen LogP contribution in [0, 0.1) is 6.92 Å². The van der Waals surface area contributed by atoms with Gasteiger partial charge < -0.3 is 14.6 Å². The first-order valence-corrected chi connectivity index (χ1v) is 5.93. The van der Waals surface area contributed by atoms with Crippen LogP contribution in [0.3, 0.4) is 0 Å². The summed E-state index contributed by atoms with van der Waals surface area (Å²) in [5, 5.41) is 8.89. The van der Waals surface area contributed by atoms with E-state index in [0.29, 0.717) is 5.69 Å². The molecule has 1 aromatic heterocycles. The SMILES string of the molecule is COc1cccc(COc2ncc(C(=O)O)c(C)n2)c1. The van der Waals surface area contributed by atoms with Crippen molar-refractivity contribution in [3.63, 3.8) is 0 Å². The second-order valence-electron chi connectivity index (χ2n) is 4.10. The highest BCUT2D eigenvalue weighted by Gasteiger charge is 2.10. The van der Waals surface area contributed by atoms with Gasteiger partial charge in [0.25, 0.3) is 0 Å². The predicted molar refractivity (Wildman–Crippen MR) is 71.1 cm³/mol. The molecule has 0 aliphatic heterocycles. The smallest absolute Gasteiger partial charge is 0.339 e. The van der Waals surface area contributed by atoms with Gasteiger partial charge in [-0.3, -0.25) is 0 Å². The van der Waals surface area contributed by atoms with E-state index in [-0.39, 0.29) is 18.2 Å². The molecule has 2 aromatic rings. The molecule has 0 atom stereocenters. The molecular weight excluding hydrogens is 260 g/mol. The average molecular weight is 274 g/mol. The number of hydrogen-bond donors (Lipinski definition) is 1. The van der Waals surface area contributed by atoms with E-state index in [1.165, 1.54) is 6.20 Å². The van der Waals surface area contributed by atoms with E-state index in [4.69, 9.17) is 14.6 Å². The summed E-state index contributed by atoms with van der Waals surface area (Å²) in [6.45, 7) is 1.88. The number of aromatic carboxylic acids is 1. The first kappa shape index (κ1) is 13.8. The van der Waals surface area contributed by atoms with Crippen molar-refractivity contribution in [2.24, 2.45) is 0 Å². The summed E-state index contributed by atoms with van der Waals surface area (Å²) in [6.07, 6.45) is 1.24. The monoisotopic (exact) mass is 274 g/mol. The Morgan fingerprint density at radius 3 is 2.85 bits per heavy atom. The van der Waals surface area contributed by atoms with Gasteiger partial charge in [-0.1, -0.05) is 12.1 Å². The number of carboxylic acid groups (broad SMARTS) is 1. The lowest BCUT2D eigenvalue weighted by Gasteiger charge is -2.07. The van der Waals surface area contributed by atoms with Crippen LogP contribution in [0.5, 0.6) is 11.8 Å². The summed E-state index contributed by atoms with van der Waals surface area (Å²) in [5.41, 5.74) is 1.35. The third-order valence-electron chi connectivity index (χ3n) is 2.69. The normalized spacial score (nSPS) is 10.1. The van der Waals surface area contributed by atoms with E-state index < -0.39 is 5.97 Å². The minimum Gasteiger partial charge on any atom is -0.497 e. The molecule has 0 radical (unpaired) electrons. The highest BCUT2D eigenvalue weighted by molar-refractivity contribution is 5.88. The average Bonchev–Trinajstić information content (AvgIpc) is 2.45. The molecule has 0 amide bonds. The summed E-state index contributed by atoms with van der Waals surface area (Å²) < 4.78 is 10.6. The van der Waals surface area contributed by atoms with E-state index in [1.807, 2.05) is 24.3 Å². The molecule has 0 aliphatic rings. The Morgan fingerprint density at radius 1 is 1.40 bits per heavy atom. The molecule has 0 bridgehead atoms. The summed E-state index contributed by atoms with van der Waals surface area (Å²) in [7, 11) is 1.59. The molecule has 1 heterocycles. The lowest BCUT2D eigenvalue weighted by molar-refractivity contribution is 0.0695. The molecule has 0 saturated heterocycles. The molecule has 6 nitrogen and oxygen atoms in total. The van der Waals surface area contributed by atoms with Gasteiger partial charge in [-0.05, 0) is 24.6 Å². The zero-order valence-corrected chi connectivity index (χ0v) is 11.2. The Bertz CT molecular complexity index is 628. The largest absolute Gasteiger partial charge is 0.497 e. The number of ether oxygens (including phenoxy) is 2. The van der Waals surface area contributed by atoms with Crippen LogP contribution < -0.4 is 9.47 Å². The van der Waals surface area contributed by atoms with E-state index in [1.54, 1.807) is 14.0 Å². The Morgan fingerprint density at radius 2 is 2.20 bits per heavy atom. The van der Waals surface area contributed by atoms with E-state index >= 15 is 0 Å². The Labute approximate surface area is 116 Å². The third-order valence-corrected chi connectivity index (χ3v) is 2.69. The number of hydrogen-bond acceptors (Lipinski definition) is 5. The molecule has 0 saturated carbocycles. The highest BCUT2D eigenvalue weighted by Crippen LogP contribution is 2.15. The second-order valence-corrected chi connectivity index (χ2v) is 4.10. The lowest BCUT2D eigenvalue weighted by Crippen LogP contribution is -2.06. The molecule has 0 spiro atoms. The molecule has 1 aromatic carbocycles. The number of carbonyl (C=O) groups is 1. The fraction of sp³-hybridized carbons (Fsp3) is 0.214. The molecular formula is C14H14N2O4. The van der Waals surface area contributed by atoms with Gasteiger partial charge in [-0.15, -0.1) is 0 Å². The van der Waals surface area contributed by atoms with Crippen LogP contribution >= 0.6 is 0 Å². The zero-order chi connectivity index (χ0) is 14.5. The fourth-order valence-corrected chi connectivity index (χ4v) is 1.64. The number of nitrogens with zero attached hydrogens (tertiary/aromatic N) is 2. The molecule has 2 rings (SSSR count). The second kappa shape index (κ2) is 6.01. The summed E-state index contributed by atoms with van der Waals surface area (Å²) in [5.74, 6) is -0.314. The Hall–Kier alpha value is -2.63. The molecule has 6 heteroatoms. The van der Waals surface area contributed by atoms with Gasteiger partial charge in [-0.2, -0.15) is 4.98 Å². The number of rotatable bonds is 5. The zero-order valence-electron chi connectivity index (χ0n) is 11.2. The Balaban J connectivity index is 2.07. The number of carboxylic acids is 1. The van der Waals surface area contributed by atoms with Gasteiger partial charge in [0, 0.05) is 6.20 Å². The van der Waals surface area contributed by atoms with E-state index in [2.05, 4.69) is 9.97 Å². The molecule has 0 aliphatic carbocycles. The van der Waals surface area contributed by atoms with Gasteiger partial charge in [0.2, 0.25) is 0 Å². The maximum atomic E-state index is 10.8. The lowest BCUT2D eigenvalue weighted by atomic mass is 10.2. The molecule has 104 valence electrons. The van der Waals surface area contributed by atoms with Crippen LogP contribution in [0.4, 0.5) is 0 Å². The first-order chi connectivity index (χ1) is 9.60. The summed E-state index contributed by atoms with van der Waals surface area (Å²) in [6, 6.07) is 7.58. The van der Waals surface area contributed by atoms with Crippen molar-refractivity contribution in [3.8, 4) is 11.8 Å². The van der Waals surface area contributed by atoms with Crippen LogP contribution in [0.1, 0.15) is 21.6 Å². The fourth-order valence-electron chi connectivity index (χ4n) is 1.64. The van der Waals surface area contributed by atoms with Gasteiger partial charge in [0.05, 0.1) is 18.4 Å². The van der Waals surface area contributed by atoms with E-state index in [0.717, 1.165) is 11.3 Å².